The van der Waals surface area contributed by atoms with E-state index in [1.165, 1.54) is 18.2 Å². The van der Waals surface area contributed by atoms with Crippen molar-refractivity contribution in [1.29, 1.82) is 5.26 Å². The Bertz CT molecular complexity index is 957. The van der Waals surface area contributed by atoms with Crippen molar-refractivity contribution in [1.82, 2.24) is 14.8 Å². The average Bonchev–Trinajstić information content (AvgIpc) is 3.18. The van der Waals surface area contributed by atoms with Crippen molar-refractivity contribution in [3.63, 3.8) is 0 Å². The summed E-state index contributed by atoms with van der Waals surface area (Å²) >= 11 is 0. The van der Waals surface area contributed by atoms with Crippen LogP contribution in [0.2, 0.25) is 0 Å². The van der Waals surface area contributed by atoms with Crippen LogP contribution >= 0.6 is 0 Å². The number of fused-ring (bicyclic) bond motifs is 2. The van der Waals surface area contributed by atoms with Crippen LogP contribution in [-0.4, -0.2) is 26.5 Å². The van der Waals surface area contributed by atoms with Gasteiger partial charge in [0.1, 0.15) is 11.9 Å². The number of aryl methyl sites for hydroxylation is 1. The summed E-state index contributed by atoms with van der Waals surface area (Å²) in [4.78, 5) is 10.9. The van der Waals surface area contributed by atoms with Crippen LogP contribution in [0.3, 0.4) is 0 Å². The van der Waals surface area contributed by atoms with E-state index in [4.69, 9.17) is 9.47 Å². The highest BCUT2D eigenvalue weighted by atomic mass is 16.7. The Morgan fingerprint density at radius 1 is 1.27 bits per heavy atom. The van der Waals surface area contributed by atoms with Gasteiger partial charge >= 0.3 is 0 Å². The molecule has 0 spiro atoms. The lowest BCUT2D eigenvalue weighted by molar-refractivity contribution is -0.385. The summed E-state index contributed by atoms with van der Waals surface area (Å²) in [5, 5.41) is 29.4. The van der Waals surface area contributed by atoms with Crippen molar-refractivity contribution in [2.24, 2.45) is 0 Å². The van der Waals surface area contributed by atoms with Gasteiger partial charge in [-0.2, -0.15) is 5.26 Å². The van der Waals surface area contributed by atoms with E-state index in [-0.39, 0.29) is 23.6 Å². The third kappa shape index (κ3) is 2.75. The smallest absolute Gasteiger partial charge is 0.280 e. The average molecular weight is 353 g/mol. The fourth-order valence-electron chi connectivity index (χ4n) is 3.21. The monoisotopic (exact) mass is 353 g/mol. The molecule has 9 heteroatoms. The summed E-state index contributed by atoms with van der Waals surface area (Å²) in [5.41, 5.74) is 0.340. The van der Waals surface area contributed by atoms with E-state index in [0.29, 0.717) is 17.3 Å². The number of nitro benzene ring substituents is 1. The van der Waals surface area contributed by atoms with Crippen molar-refractivity contribution in [2.45, 2.75) is 32.2 Å². The summed E-state index contributed by atoms with van der Waals surface area (Å²) in [6.45, 7) is 0.752. The molecule has 0 amide bonds. The minimum Gasteiger partial charge on any atom is -0.454 e. The first-order chi connectivity index (χ1) is 12.7. The van der Waals surface area contributed by atoms with Crippen LogP contribution in [0.1, 0.15) is 36.5 Å². The Labute approximate surface area is 148 Å². The SMILES string of the molecule is N#C/C(=C/c1cc2c(cc1[N+](=O)[O-])OCO2)c1nnc2n1CCCCC2. The maximum absolute atomic E-state index is 11.4. The summed E-state index contributed by atoms with van der Waals surface area (Å²) in [6, 6.07) is 4.92. The number of nitro groups is 1. The maximum Gasteiger partial charge on any atom is 0.280 e. The van der Waals surface area contributed by atoms with Crippen LogP contribution in [0.5, 0.6) is 11.5 Å². The van der Waals surface area contributed by atoms with Crippen molar-refractivity contribution < 1.29 is 14.4 Å². The number of benzene rings is 1. The van der Waals surface area contributed by atoms with E-state index in [0.717, 1.165) is 38.1 Å². The van der Waals surface area contributed by atoms with E-state index in [1.54, 1.807) is 0 Å². The van der Waals surface area contributed by atoms with E-state index < -0.39 is 4.92 Å². The quantitative estimate of drug-likeness (QED) is 0.473. The van der Waals surface area contributed by atoms with Crippen molar-refractivity contribution in [3.8, 4) is 17.6 Å². The standard InChI is InChI=1S/C17H15N5O4/c18-9-12(17-20-19-16-4-2-1-3-5-21(16)17)6-11-7-14-15(26-10-25-14)8-13(11)22(23)24/h6-8H,1-5,10H2/b12-6-. The zero-order valence-electron chi connectivity index (χ0n) is 13.8. The fraction of sp³-hybridized carbons (Fsp3) is 0.353. The van der Waals surface area contributed by atoms with Crippen LogP contribution < -0.4 is 9.47 Å². The molecule has 3 heterocycles. The first kappa shape index (κ1) is 16.1. The summed E-state index contributed by atoms with van der Waals surface area (Å²) < 4.78 is 12.4. The molecule has 0 N–H and O–H groups in total. The van der Waals surface area contributed by atoms with Crippen LogP contribution in [0.4, 0.5) is 5.69 Å². The Morgan fingerprint density at radius 2 is 2.08 bits per heavy atom. The summed E-state index contributed by atoms with van der Waals surface area (Å²) in [6.07, 6.45) is 5.40. The molecule has 0 radical (unpaired) electrons. The lowest BCUT2D eigenvalue weighted by Crippen LogP contribution is -2.05. The van der Waals surface area contributed by atoms with Crippen LogP contribution in [-0.2, 0) is 13.0 Å². The van der Waals surface area contributed by atoms with Gasteiger partial charge in [0.05, 0.1) is 22.1 Å². The number of hydrogen-bond donors (Lipinski definition) is 0. The molecule has 0 aliphatic carbocycles. The van der Waals surface area contributed by atoms with Crippen molar-refractivity contribution in [3.05, 3.63) is 39.5 Å². The lowest BCUT2D eigenvalue weighted by Gasteiger charge is -2.06. The van der Waals surface area contributed by atoms with E-state index >= 15 is 0 Å². The minimum absolute atomic E-state index is 0.0163. The van der Waals surface area contributed by atoms with Gasteiger partial charge in [-0.3, -0.25) is 10.1 Å². The van der Waals surface area contributed by atoms with Gasteiger partial charge < -0.3 is 14.0 Å². The normalized spacial score (nSPS) is 15.9. The number of aromatic nitrogens is 3. The topological polar surface area (TPSA) is 116 Å². The lowest BCUT2D eigenvalue weighted by atomic mass is 10.1. The largest absolute Gasteiger partial charge is 0.454 e. The molecule has 26 heavy (non-hydrogen) atoms. The first-order valence-electron chi connectivity index (χ1n) is 8.29. The molecule has 0 atom stereocenters. The van der Waals surface area contributed by atoms with Crippen LogP contribution in [0, 0.1) is 21.4 Å². The Morgan fingerprint density at radius 3 is 2.85 bits per heavy atom. The minimum atomic E-state index is -0.507. The molecular formula is C17H15N5O4. The Balaban J connectivity index is 1.81. The van der Waals surface area contributed by atoms with Gasteiger partial charge in [-0.05, 0) is 25.0 Å². The number of rotatable bonds is 3. The third-order valence-electron chi connectivity index (χ3n) is 4.49. The molecule has 0 bridgehead atoms. The highest BCUT2D eigenvalue weighted by Crippen LogP contribution is 2.39. The number of allylic oxidation sites excluding steroid dienone is 1. The van der Waals surface area contributed by atoms with Crippen molar-refractivity contribution >= 4 is 17.3 Å². The molecule has 0 fully saturated rings. The Kier molecular flexibility index (Phi) is 4.01. The highest BCUT2D eigenvalue weighted by Gasteiger charge is 2.24. The van der Waals surface area contributed by atoms with Gasteiger partial charge in [-0.1, -0.05) is 6.42 Å². The predicted octanol–water partition coefficient (Wildman–Crippen LogP) is 2.71. The summed E-state index contributed by atoms with van der Waals surface area (Å²) in [5.74, 6) is 2.03. The summed E-state index contributed by atoms with van der Waals surface area (Å²) in [7, 11) is 0. The number of ether oxygens (including phenoxy) is 2. The van der Waals surface area contributed by atoms with E-state index in [1.807, 2.05) is 4.57 Å². The molecule has 0 saturated carbocycles. The maximum atomic E-state index is 11.4. The van der Waals surface area contributed by atoms with Gasteiger partial charge in [0.15, 0.2) is 17.3 Å². The van der Waals surface area contributed by atoms with Gasteiger partial charge in [0, 0.05) is 13.0 Å². The second kappa shape index (κ2) is 6.48. The number of nitrogens with zero attached hydrogens (tertiary/aromatic N) is 5. The molecule has 1 aromatic carbocycles. The van der Waals surface area contributed by atoms with E-state index in [9.17, 15) is 15.4 Å². The molecule has 0 unspecified atom stereocenters. The zero-order chi connectivity index (χ0) is 18.1. The fourth-order valence-corrected chi connectivity index (χ4v) is 3.21. The molecule has 2 aromatic rings. The molecular weight excluding hydrogens is 338 g/mol. The van der Waals surface area contributed by atoms with E-state index in [2.05, 4.69) is 16.3 Å². The molecule has 132 valence electrons. The second-order valence-corrected chi connectivity index (χ2v) is 6.09. The Hall–Kier alpha value is -3.41. The van der Waals surface area contributed by atoms with Gasteiger partial charge in [0.25, 0.3) is 5.69 Å². The zero-order valence-corrected chi connectivity index (χ0v) is 13.8. The highest BCUT2D eigenvalue weighted by molar-refractivity contribution is 5.89. The van der Waals surface area contributed by atoms with Gasteiger partial charge in [-0.15, -0.1) is 10.2 Å². The first-order valence-corrected chi connectivity index (χ1v) is 8.29. The number of hydrogen-bond acceptors (Lipinski definition) is 7. The molecule has 2 aliphatic heterocycles. The molecule has 1 aromatic heterocycles. The molecule has 0 saturated heterocycles. The van der Waals surface area contributed by atoms with Crippen LogP contribution in [0.15, 0.2) is 12.1 Å². The molecule has 2 aliphatic rings. The molecule has 9 nitrogen and oxygen atoms in total. The second-order valence-electron chi connectivity index (χ2n) is 6.09. The predicted molar refractivity (Wildman–Crippen MR) is 90.3 cm³/mol. The van der Waals surface area contributed by atoms with Crippen molar-refractivity contribution in [2.75, 3.05) is 6.79 Å². The number of nitriles is 1. The van der Waals surface area contributed by atoms with Gasteiger partial charge in [-0.25, -0.2) is 0 Å². The van der Waals surface area contributed by atoms with Crippen LogP contribution in [0.25, 0.3) is 11.6 Å². The van der Waals surface area contributed by atoms with Gasteiger partial charge in [0.2, 0.25) is 6.79 Å². The molecule has 4 rings (SSSR count). The third-order valence-corrected chi connectivity index (χ3v) is 4.49.